The van der Waals surface area contributed by atoms with Crippen molar-refractivity contribution in [2.24, 2.45) is 0 Å². The van der Waals surface area contributed by atoms with E-state index in [-0.39, 0.29) is 11.3 Å². The molecule has 0 aliphatic carbocycles. The molecule has 0 aromatic heterocycles. The summed E-state index contributed by atoms with van der Waals surface area (Å²) >= 11 is 0. The maximum atomic E-state index is 13.3. The van der Waals surface area contributed by atoms with E-state index in [1.165, 1.54) is 12.0 Å². The summed E-state index contributed by atoms with van der Waals surface area (Å²) in [6.45, 7) is 3.77. The number of Topliss-reactive ketones (excluding diaryl/α,β-unsaturated/α-hetero) is 1. The molecule has 0 radical (unpaired) electrons. The van der Waals surface area contributed by atoms with Crippen molar-refractivity contribution in [2.75, 3.05) is 19.1 Å². The van der Waals surface area contributed by atoms with Crippen LogP contribution in [0.1, 0.15) is 28.3 Å². The van der Waals surface area contributed by atoms with Crippen LogP contribution in [0.25, 0.3) is 5.76 Å². The molecule has 1 aliphatic heterocycles. The second kappa shape index (κ2) is 8.82. The molecule has 6 heteroatoms. The number of anilines is 1. The lowest BCUT2D eigenvalue weighted by molar-refractivity contribution is -0.132. The molecular formula is C27H25NO5. The van der Waals surface area contributed by atoms with Crippen molar-refractivity contribution in [1.29, 1.82) is 0 Å². The number of nitrogens with zero attached hydrogens (tertiary/aromatic N) is 1. The molecule has 3 aromatic rings. The Morgan fingerprint density at radius 3 is 2.30 bits per heavy atom. The van der Waals surface area contributed by atoms with Crippen molar-refractivity contribution >= 4 is 23.1 Å². The summed E-state index contributed by atoms with van der Waals surface area (Å²) in [5.41, 5.74) is 3.45. The largest absolute Gasteiger partial charge is 0.507 e. The quantitative estimate of drug-likeness (QED) is 0.343. The standard InChI is InChI=1S/C27H25NO5/c1-16-8-5-6-11-21(16)24-23(25(29)18-12-13-22(33-4)17(2)14-18)26(30)27(31)28(24)19-9-7-10-20(15-19)32-3/h5-15,24,29H,1-4H3/b25-23+. The molecule has 4 rings (SSSR count). The van der Waals surface area contributed by atoms with Gasteiger partial charge in [-0.3, -0.25) is 14.5 Å². The first-order chi connectivity index (χ1) is 15.9. The van der Waals surface area contributed by atoms with Crippen molar-refractivity contribution in [3.05, 3.63) is 94.6 Å². The summed E-state index contributed by atoms with van der Waals surface area (Å²) in [7, 11) is 3.11. The number of aryl methyl sites for hydroxylation is 2. The molecule has 168 valence electrons. The Hall–Kier alpha value is -4.06. The van der Waals surface area contributed by atoms with Gasteiger partial charge >= 0.3 is 0 Å². The predicted molar refractivity (Wildman–Crippen MR) is 127 cm³/mol. The van der Waals surface area contributed by atoms with Crippen LogP contribution in [0.4, 0.5) is 5.69 Å². The molecule has 1 aliphatic rings. The SMILES string of the molecule is COc1cccc(N2C(=O)C(=O)/C(=C(/O)c3ccc(OC)c(C)c3)C2c2ccccc2C)c1. The highest BCUT2D eigenvalue weighted by molar-refractivity contribution is 6.51. The second-order valence-electron chi connectivity index (χ2n) is 7.91. The van der Waals surface area contributed by atoms with Gasteiger partial charge in [-0.15, -0.1) is 0 Å². The lowest BCUT2D eigenvalue weighted by Gasteiger charge is -2.27. The van der Waals surface area contributed by atoms with Crippen molar-refractivity contribution < 1.29 is 24.2 Å². The zero-order valence-electron chi connectivity index (χ0n) is 19.0. The molecule has 3 aromatic carbocycles. The number of ether oxygens (including phenoxy) is 2. The van der Waals surface area contributed by atoms with Crippen molar-refractivity contribution in [3.63, 3.8) is 0 Å². The van der Waals surface area contributed by atoms with Crippen molar-refractivity contribution in [1.82, 2.24) is 0 Å². The molecule has 1 heterocycles. The summed E-state index contributed by atoms with van der Waals surface area (Å²) in [6, 6.07) is 18.9. The van der Waals surface area contributed by atoms with Crippen molar-refractivity contribution in [2.45, 2.75) is 19.9 Å². The first-order valence-corrected chi connectivity index (χ1v) is 10.5. The first-order valence-electron chi connectivity index (χ1n) is 10.5. The van der Waals surface area contributed by atoms with E-state index < -0.39 is 17.7 Å². The van der Waals surface area contributed by atoms with Crippen LogP contribution in [-0.4, -0.2) is 31.0 Å². The lowest BCUT2D eigenvalue weighted by atomic mass is 9.92. The third kappa shape index (κ3) is 3.84. The molecule has 1 amide bonds. The summed E-state index contributed by atoms with van der Waals surface area (Å²) in [6.07, 6.45) is 0. The van der Waals surface area contributed by atoms with Crippen LogP contribution < -0.4 is 14.4 Å². The second-order valence-corrected chi connectivity index (χ2v) is 7.91. The topological polar surface area (TPSA) is 76.1 Å². The number of aliphatic hydroxyl groups is 1. The van der Waals surface area contributed by atoms with Gasteiger partial charge in [0, 0.05) is 17.3 Å². The highest BCUT2D eigenvalue weighted by atomic mass is 16.5. The van der Waals surface area contributed by atoms with Crippen LogP contribution in [0.15, 0.2) is 72.3 Å². The summed E-state index contributed by atoms with van der Waals surface area (Å²) < 4.78 is 10.6. The Morgan fingerprint density at radius 1 is 0.879 bits per heavy atom. The number of ketones is 1. The smallest absolute Gasteiger partial charge is 0.300 e. The predicted octanol–water partition coefficient (Wildman–Crippen LogP) is 4.95. The van der Waals surface area contributed by atoms with E-state index in [2.05, 4.69) is 0 Å². The number of hydrogen-bond donors (Lipinski definition) is 1. The van der Waals surface area contributed by atoms with Gasteiger partial charge < -0.3 is 14.6 Å². The molecule has 6 nitrogen and oxygen atoms in total. The van der Waals surface area contributed by atoms with E-state index in [0.29, 0.717) is 22.7 Å². The summed E-state index contributed by atoms with van der Waals surface area (Å²) in [5.74, 6) is -0.444. The zero-order valence-corrected chi connectivity index (χ0v) is 19.0. The number of rotatable bonds is 5. The molecule has 1 unspecified atom stereocenters. The Labute approximate surface area is 192 Å². The number of carbonyl (C=O) groups is 2. The van der Waals surface area contributed by atoms with Gasteiger partial charge in [-0.2, -0.15) is 0 Å². The van der Waals surface area contributed by atoms with Gasteiger partial charge in [-0.25, -0.2) is 0 Å². The molecule has 0 spiro atoms. The number of carbonyl (C=O) groups excluding carboxylic acids is 2. The van der Waals surface area contributed by atoms with E-state index in [4.69, 9.17) is 9.47 Å². The monoisotopic (exact) mass is 443 g/mol. The van der Waals surface area contributed by atoms with Crippen LogP contribution >= 0.6 is 0 Å². The maximum absolute atomic E-state index is 13.3. The van der Waals surface area contributed by atoms with Gasteiger partial charge in [0.2, 0.25) is 0 Å². The Bertz CT molecular complexity index is 1280. The number of benzene rings is 3. The van der Waals surface area contributed by atoms with E-state index >= 15 is 0 Å². The lowest BCUT2D eigenvalue weighted by Crippen LogP contribution is -2.29. The first kappa shape index (κ1) is 22.1. The van der Waals surface area contributed by atoms with Gasteiger partial charge in [0.1, 0.15) is 17.3 Å². The minimum atomic E-state index is -0.791. The molecule has 1 atom stereocenters. The van der Waals surface area contributed by atoms with Gasteiger partial charge in [-0.1, -0.05) is 30.3 Å². The van der Waals surface area contributed by atoms with Crippen LogP contribution in [0, 0.1) is 13.8 Å². The number of methoxy groups -OCH3 is 2. The zero-order chi connectivity index (χ0) is 23.7. The van der Waals surface area contributed by atoms with Crippen LogP contribution in [0.5, 0.6) is 11.5 Å². The molecule has 33 heavy (non-hydrogen) atoms. The number of aliphatic hydroxyl groups excluding tert-OH is 1. The molecular weight excluding hydrogens is 418 g/mol. The van der Waals surface area contributed by atoms with Gasteiger partial charge in [0.25, 0.3) is 11.7 Å². The molecule has 0 bridgehead atoms. The average Bonchev–Trinajstić information content (AvgIpc) is 3.09. The van der Waals surface area contributed by atoms with Gasteiger partial charge in [0.05, 0.1) is 25.8 Å². The molecule has 1 saturated heterocycles. The third-order valence-corrected chi connectivity index (χ3v) is 5.93. The average molecular weight is 443 g/mol. The highest BCUT2D eigenvalue weighted by Gasteiger charge is 2.47. The number of amides is 1. The van der Waals surface area contributed by atoms with Gasteiger partial charge in [0.15, 0.2) is 0 Å². The Kier molecular flexibility index (Phi) is 5.92. The summed E-state index contributed by atoms with van der Waals surface area (Å²) in [5, 5.41) is 11.3. The minimum Gasteiger partial charge on any atom is -0.507 e. The van der Waals surface area contributed by atoms with Crippen LogP contribution in [-0.2, 0) is 9.59 Å². The highest BCUT2D eigenvalue weighted by Crippen LogP contribution is 2.43. The summed E-state index contributed by atoms with van der Waals surface area (Å²) in [4.78, 5) is 28.0. The Morgan fingerprint density at radius 2 is 1.64 bits per heavy atom. The number of hydrogen-bond acceptors (Lipinski definition) is 5. The van der Waals surface area contributed by atoms with E-state index in [9.17, 15) is 14.7 Å². The fraction of sp³-hybridized carbons (Fsp3) is 0.185. The van der Waals surface area contributed by atoms with E-state index in [1.54, 1.807) is 49.6 Å². The van der Waals surface area contributed by atoms with Crippen molar-refractivity contribution in [3.8, 4) is 11.5 Å². The normalized spacial score (nSPS) is 17.3. The fourth-order valence-corrected chi connectivity index (χ4v) is 4.23. The Balaban J connectivity index is 1.96. The van der Waals surface area contributed by atoms with E-state index in [0.717, 1.165) is 16.7 Å². The fourth-order valence-electron chi connectivity index (χ4n) is 4.23. The van der Waals surface area contributed by atoms with E-state index in [1.807, 2.05) is 38.1 Å². The minimum absolute atomic E-state index is 0.0432. The van der Waals surface area contributed by atoms with Crippen LogP contribution in [0.2, 0.25) is 0 Å². The van der Waals surface area contributed by atoms with Crippen LogP contribution in [0.3, 0.4) is 0 Å². The third-order valence-electron chi connectivity index (χ3n) is 5.93. The van der Waals surface area contributed by atoms with Gasteiger partial charge in [-0.05, 0) is 60.9 Å². The molecule has 1 N–H and O–H groups in total. The molecule has 0 saturated carbocycles. The maximum Gasteiger partial charge on any atom is 0.300 e. The molecule has 1 fully saturated rings.